The number of carbonyl (C=O) groups excluding carboxylic acids is 1. The van der Waals surface area contributed by atoms with Crippen molar-refractivity contribution < 1.29 is 4.79 Å². The van der Waals surface area contributed by atoms with Crippen molar-refractivity contribution >= 4 is 28.8 Å². The first kappa shape index (κ1) is 18.4. The molecule has 1 fully saturated rings. The lowest BCUT2D eigenvalue weighted by molar-refractivity contribution is -0.121. The van der Waals surface area contributed by atoms with Crippen LogP contribution in [0, 0.1) is 5.92 Å². The topological polar surface area (TPSA) is 45.2 Å². The Morgan fingerprint density at radius 2 is 2.16 bits per heavy atom. The summed E-state index contributed by atoms with van der Waals surface area (Å²) in [5, 5.41) is 2.98. The summed E-state index contributed by atoms with van der Waals surface area (Å²) < 4.78 is 0.863. The summed E-state index contributed by atoms with van der Waals surface area (Å²) >= 11 is 7.66. The molecular weight excluding hydrogens is 354 g/mol. The average Bonchev–Trinajstić information content (AvgIpc) is 3.05. The number of thiophene rings is 1. The largest absolute Gasteiger partial charge is 0.352 e. The molecule has 1 saturated heterocycles. The van der Waals surface area contributed by atoms with Gasteiger partial charge in [0.2, 0.25) is 5.91 Å². The van der Waals surface area contributed by atoms with E-state index in [1.54, 1.807) is 23.7 Å². The molecule has 25 heavy (non-hydrogen) atoms. The first-order valence-corrected chi connectivity index (χ1v) is 10.0. The number of likely N-dealkylation sites (tertiary alicyclic amines) is 1. The van der Waals surface area contributed by atoms with Crippen molar-refractivity contribution in [1.29, 1.82) is 0 Å². The minimum atomic E-state index is 0.138. The molecule has 1 amide bonds. The highest BCUT2D eigenvalue weighted by atomic mass is 35.5. The fraction of sp³-hybridized carbons (Fsp3) is 0.474. The molecule has 1 N–H and O–H groups in total. The van der Waals surface area contributed by atoms with Gasteiger partial charge in [-0.3, -0.25) is 14.7 Å². The third-order valence-electron chi connectivity index (χ3n) is 4.71. The molecule has 1 aliphatic heterocycles. The second kappa shape index (κ2) is 9.32. The molecule has 0 saturated carbocycles. The molecule has 3 heterocycles. The monoisotopic (exact) mass is 377 g/mol. The fourth-order valence-corrected chi connectivity index (χ4v) is 4.35. The van der Waals surface area contributed by atoms with Crippen LogP contribution in [0.15, 0.2) is 36.7 Å². The van der Waals surface area contributed by atoms with E-state index >= 15 is 0 Å². The quantitative estimate of drug-likeness (QED) is 0.789. The lowest BCUT2D eigenvalue weighted by atomic mass is 9.92. The Kier molecular flexibility index (Phi) is 6.84. The predicted molar refractivity (Wildman–Crippen MR) is 103 cm³/mol. The van der Waals surface area contributed by atoms with Gasteiger partial charge in [-0.2, -0.15) is 0 Å². The van der Waals surface area contributed by atoms with Crippen LogP contribution < -0.4 is 5.32 Å². The molecular formula is C19H24ClN3OS. The van der Waals surface area contributed by atoms with E-state index in [4.69, 9.17) is 11.6 Å². The van der Waals surface area contributed by atoms with Gasteiger partial charge in [0.25, 0.3) is 0 Å². The maximum atomic E-state index is 12.0. The molecule has 0 radical (unpaired) electrons. The summed E-state index contributed by atoms with van der Waals surface area (Å²) in [5.74, 6) is 0.798. The molecule has 3 rings (SSSR count). The van der Waals surface area contributed by atoms with E-state index < -0.39 is 0 Å². The number of halogens is 1. The van der Waals surface area contributed by atoms with Crippen molar-refractivity contribution in [3.05, 3.63) is 51.4 Å². The van der Waals surface area contributed by atoms with Crippen LogP contribution in [0.5, 0.6) is 0 Å². The molecule has 0 bridgehead atoms. The van der Waals surface area contributed by atoms with E-state index in [9.17, 15) is 4.79 Å². The number of rotatable bonds is 7. The van der Waals surface area contributed by atoms with Gasteiger partial charge in [0, 0.05) is 36.8 Å². The second-order valence-electron chi connectivity index (χ2n) is 6.60. The smallest absolute Gasteiger partial charge is 0.220 e. The zero-order valence-electron chi connectivity index (χ0n) is 14.3. The first-order chi connectivity index (χ1) is 12.2. The summed E-state index contributed by atoms with van der Waals surface area (Å²) in [7, 11) is 0. The van der Waals surface area contributed by atoms with E-state index in [1.807, 2.05) is 18.2 Å². The van der Waals surface area contributed by atoms with E-state index in [-0.39, 0.29) is 5.91 Å². The second-order valence-corrected chi connectivity index (χ2v) is 8.40. The fourth-order valence-electron chi connectivity index (χ4n) is 3.22. The Bertz CT molecular complexity index is 668. The number of nitrogens with zero attached hydrogens (tertiary/aromatic N) is 2. The number of pyridine rings is 1. The van der Waals surface area contributed by atoms with Crippen LogP contribution in [0.4, 0.5) is 0 Å². The Balaban J connectivity index is 1.31. The van der Waals surface area contributed by atoms with Gasteiger partial charge in [-0.15, -0.1) is 11.3 Å². The van der Waals surface area contributed by atoms with Crippen LogP contribution >= 0.6 is 22.9 Å². The van der Waals surface area contributed by atoms with Crippen molar-refractivity contribution in [3.8, 4) is 0 Å². The first-order valence-electron chi connectivity index (χ1n) is 8.81. The van der Waals surface area contributed by atoms with Gasteiger partial charge in [0.15, 0.2) is 0 Å². The molecule has 0 atom stereocenters. The van der Waals surface area contributed by atoms with E-state index in [0.717, 1.165) is 36.0 Å². The molecule has 0 aromatic carbocycles. The summed E-state index contributed by atoms with van der Waals surface area (Å²) in [4.78, 5) is 19.9. The Hall–Kier alpha value is -1.43. The molecule has 2 aromatic rings. The molecule has 4 nitrogen and oxygen atoms in total. The maximum Gasteiger partial charge on any atom is 0.220 e. The van der Waals surface area contributed by atoms with Gasteiger partial charge in [0.05, 0.1) is 4.34 Å². The van der Waals surface area contributed by atoms with Gasteiger partial charge in [-0.05, 0) is 62.0 Å². The summed E-state index contributed by atoms with van der Waals surface area (Å²) in [6.45, 7) is 3.78. The third-order valence-corrected chi connectivity index (χ3v) is 5.92. The van der Waals surface area contributed by atoms with E-state index in [0.29, 0.717) is 18.9 Å². The van der Waals surface area contributed by atoms with Crippen LogP contribution in [0.1, 0.15) is 36.1 Å². The highest BCUT2D eigenvalue weighted by Crippen LogP contribution is 2.26. The zero-order chi connectivity index (χ0) is 17.5. The number of hydrogen-bond donors (Lipinski definition) is 1. The summed E-state index contributed by atoms with van der Waals surface area (Å²) in [6, 6.07) is 7.95. The third kappa shape index (κ3) is 6.10. The lowest BCUT2D eigenvalue weighted by Gasteiger charge is -2.31. The van der Waals surface area contributed by atoms with Crippen molar-refractivity contribution in [1.82, 2.24) is 15.2 Å². The molecule has 0 spiro atoms. The van der Waals surface area contributed by atoms with Crippen LogP contribution in [-0.4, -0.2) is 28.9 Å². The summed E-state index contributed by atoms with van der Waals surface area (Å²) in [6.07, 6.45) is 7.48. The van der Waals surface area contributed by atoms with E-state index in [1.165, 1.54) is 17.7 Å². The van der Waals surface area contributed by atoms with Gasteiger partial charge < -0.3 is 5.32 Å². The van der Waals surface area contributed by atoms with Crippen molar-refractivity contribution in [3.63, 3.8) is 0 Å². The number of carbonyl (C=O) groups is 1. The number of aromatic nitrogens is 1. The molecule has 6 heteroatoms. The number of piperidine rings is 1. The number of nitrogens with one attached hydrogen (secondary N) is 1. The predicted octanol–water partition coefficient (Wildman–Crippen LogP) is 4.11. The highest BCUT2D eigenvalue weighted by Gasteiger charge is 2.20. The van der Waals surface area contributed by atoms with Crippen molar-refractivity contribution in [2.24, 2.45) is 5.92 Å². The molecule has 0 unspecified atom stereocenters. The van der Waals surface area contributed by atoms with Gasteiger partial charge in [-0.25, -0.2) is 0 Å². The SMILES string of the molecule is O=C(CCC1CCN(Cc2ccc(Cl)s2)CC1)NCc1cccnc1. The Labute approximate surface area is 158 Å². The Morgan fingerprint density at radius 1 is 1.32 bits per heavy atom. The summed E-state index contributed by atoms with van der Waals surface area (Å²) in [5.41, 5.74) is 1.04. The van der Waals surface area contributed by atoms with Gasteiger partial charge in [-0.1, -0.05) is 17.7 Å². The van der Waals surface area contributed by atoms with Gasteiger partial charge in [0.1, 0.15) is 0 Å². The average molecular weight is 378 g/mol. The standard InChI is InChI=1S/C19H24ClN3OS/c20-18-5-4-17(25-18)14-23-10-7-15(8-11-23)3-6-19(24)22-13-16-2-1-9-21-12-16/h1-2,4-5,9,12,15H,3,6-8,10-11,13-14H2,(H,22,24). The van der Waals surface area contributed by atoms with Crippen molar-refractivity contribution in [2.45, 2.75) is 38.8 Å². The molecule has 1 aliphatic rings. The minimum absolute atomic E-state index is 0.138. The lowest BCUT2D eigenvalue weighted by Crippen LogP contribution is -2.33. The van der Waals surface area contributed by atoms with Gasteiger partial charge >= 0.3 is 0 Å². The number of hydrogen-bond acceptors (Lipinski definition) is 4. The maximum absolute atomic E-state index is 12.0. The van der Waals surface area contributed by atoms with Crippen molar-refractivity contribution in [2.75, 3.05) is 13.1 Å². The highest BCUT2D eigenvalue weighted by molar-refractivity contribution is 7.16. The minimum Gasteiger partial charge on any atom is -0.352 e. The van der Waals surface area contributed by atoms with Crippen LogP contribution in [0.2, 0.25) is 4.34 Å². The number of amides is 1. The van der Waals surface area contributed by atoms with Crippen LogP contribution in [-0.2, 0) is 17.9 Å². The molecule has 2 aromatic heterocycles. The van der Waals surface area contributed by atoms with E-state index in [2.05, 4.69) is 21.3 Å². The van der Waals surface area contributed by atoms with Crippen LogP contribution in [0.25, 0.3) is 0 Å². The molecule has 134 valence electrons. The molecule has 0 aliphatic carbocycles. The zero-order valence-corrected chi connectivity index (χ0v) is 15.9. The van der Waals surface area contributed by atoms with Crippen LogP contribution in [0.3, 0.4) is 0 Å². The normalized spacial score (nSPS) is 16.0. The Morgan fingerprint density at radius 3 is 2.84 bits per heavy atom.